The standard InChI is InChI=1S/C7H2F4N4O2/c8-4-2-5(13-14-12)6(15(16)17)1-3(4)7(9,10)11/h1-2H. The Bertz CT molecular complexity index is 521. The average molecular weight is 250 g/mol. The van der Waals surface area contributed by atoms with Crippen molar-refractivity contribution in [3.63, 3.8) is 0 Å². The predicted octanol–water partition coefficient (Wildman–Crippen LogP) is 3.69. The summed E-state index contributed by atoms with van der Waals surface area (Å²) < 4.78 is 49.7. The molecule has 0 N–H and O–H groups in total. The van der Waals surface area contributed by atoms with Gasteiger partial charge in [0.2, 0.25) is 0 Å². The minimum atomic E-state index is -5.07. The van der Waals surface area contributed by atoms with Crippen LogP contribution in [0, 0.1) is 15.9 Å². The molecule has 1 rings (SSSR count). The molecule has 0 aromatic heterocycles. The van der Waals surface area contributed by atoms with Gasteiger partial charge in [-0.1, -0.05) is 5.11 Å². The first-order valence-corrected chi connectivity index (χ1v) is 3.87. The molecule has 0 saturated carbocycles. The fraction of sp³-hybridized carbons (Fsp3) is 0.143. The summed E-state index contributed by atoms with van der Waals surface area (Å²) in [6.07, 6.45) is -5.07. The maximum absolute atomic E-state index is 13.0. The second-order valence-electron chi connectivity index (χ2n) is 2.77. The molecular weight excluding hydrogens is 248 g/mol. The van der Waals surface area contributed by atoms with E-state index in [-0.39, 0.29) is 12.1 Å². The van der Waals surface area contributed by atoms with E-state index in [9.17, 15) is 27.7 Å². The summed E-state index contributed by atoms with van der Waals surface area (Å²) in [7, 11) is 0. The Labute approximate surface area is 90.2 Å². The maximum Gasteiger partial charge on any atom is 0.419 e. The summed E-state index contributed by atoms with van der Waals surface area (Å²) in [6, 6.07) is 0.153. The fourth-order valence-electron chi connectivity index (χ4n) is 1.04. The van der Waals surface area contributed by atoms with E-state index in [1.807, 2.05) is 0 Å². The topological polar surface area (TPSA) is 91.9 Å². The number of hydrogen-bond acceptors (Lipinski definition) is 3. The van der Waals surface area contributed by atoms with E-state index in [0.29, 0.717) is 0 Å². The van der Waals surface area contributed by atoms with Crippen molar-refractivity contribution in [2.45, 2.75) is 6.18 Å². The van der Waals surface area contributed by atoms with Crippen molar-refractivity contribution in [3.05, 3.63) is 44.1 Å². The fourth-order valence-corrected chi connectivity index (χ4v) is 1.04. The van der Waals surface area contributed by atoms with Crippen LogP contribution in [-0.4, -0.2) is 4.92 Å². The Hall–Kier alpha value is -2.35. The van der Waals surface area contributed by atoms with Gasteiger partial charge in [-0.05, 0) is 11.6 Å². The summed E-state index contributed by atoms with van der Waals surface area (Å²) in [5, 5.41) is 13.2. The SMILES string of the molecule is [N-]=[N+]=Nc1cc(F)c(C(F)(F)F)cc1[N+](=O)[O-]. The van der Waals surface area contributed by atoms with Gasteiger partial charge in [0, 0.05) is 11.0 Å². The van der Waals surface area contributed by atoms with Gasteiger partial charge in [0.1, 0.15) is 11.5 Å². The second-order valence-corrected chi connectivity index (χ2v) is 2.77. The molecule has 0 amide bonds. The molecule has 1 aromatic rings. The third-order valence-corrected chi connectivity index (χ3v) is 1.72. The molecule has 0 aliphatic heterocycles. The lowest BCUT2D eigenvalue weighted by Crippen LogP contribution is -2.08. The minimum Gasteiger partial charge on any atom is -0.258 e. The summed E-state index contributed by atoms with van der Waals surface area (Å²) in [5.74, 6) is -1.74. The van der Waals surface area contributed by atoms with Gasteiger partial charge in [-0.2, -0.15) is 13.2 Å². The van der Waals surface area contributed by atoms with Gasteiger partial charge < -0.3 is 0 Å². The molecule has 0 atom stereocenters. The third kappa shape index (κ3) is 2.61. The molecule has 0 bridgehead atoms. The summed E-state index contributed by atoms with van der Waals surface area (Å²) >= 11 is 0. The zero-order valence-corrected chi connectivity index (χ0v) is 7.77. The molecule has 90 valence electrons. The first-order chi connectivity index (χ1) is 7.77. The number of halogens is 4. The predicted molar refractivity (Wildman–Crippen MR) is 46.9 cm³/mol. The van der Waals surface area contributed by atoms with Crippen molar-refractivity contribution in [1.29, 1.82) is 0 Å². The van der Waals surface area contributed by atoms with E-state index >= 15 is 0 Å². The van der Waals surface area contributed by atoms with Crippen LogP contribution in [0.2, 0.25) is 0 Å². The van der Waals surface area contributed by atoms with Gasteiger partial charge in [-0.3, -0.25) is 10.1 Å². The molecule has 0 heterocycles. The van der Waals surface area contributed by atoms with Crippen LogP contribution in [0.5, 0.6) is 0 Å². The monoisotopic (exact) mass is 250 g/mol. The molecule has 0 aliphatic rings. The van der Waals surface area contributed by atoms with E-state index < -0.39 is 33.9 Å². The third-order valence-electron chi connectivity index (χ3n) is 1.72. The Morgan fingerprint density at radius 1 is 1.41 bits per heavy atom. The second kappa shape index (κ2) is 4.26. The largest absolute Gasteiger partial charge is 0.419 e. The summed E-state index contributed by atoms with van der Waals surface area (Å²) in [6.45, 7) is 0. The minimum absolute atomic E-state index is 0.0145. The molecule has 0 aliphatic carbocycles. The molecule has 10 heteroatoms. The van der Waals surface area contributed by atoms with Crippen LogP contribution < -0.4 is 0 Å². The van der Waals surface area contributed by atoms with E-state index in [2.05, 4.69) is 10.0 Å². The first kappa shape index (κ1) is 12.7. The van der Waals surface area contributed by atoms with E-state index in [1.54, 1.807) is 0 Å². The molecule has 1 aromatic carbocycles. The molecule has 6 nitrogen and oxygen atoms in total. The quantitative estimate of drug-likeness (QED) is 0.200. The average Bonchev–Trinajstić information content (AvgIpc) is 2.15. The van der Waals surface area contributed by atoms with Crippen LogP contribution in [0.3, 0.4) is 0 Å². The molecule has 0 spiro atoms. The van der Waals surface area contributed by atoms with Crippen LogP contribution in [0.1, 0.15) is 5.56 Å². The van der Waals surface area contributed by atoms with E-state index in [1.165, 1.54) is 0 Å². The van der Waals surface area contributed by atoms with Crippen molar-refractivity contribution >= 4 is 11.4 Å². The van der Waals surface area contributed by atoms with Gasteiger partial charge in [0.05, 0.1) is 10.5 Å². The number of azide groups is 1. The van der Waals surface area contributed by atoms with Crippen LogP contribution in [0.25, 0.3) is 10.4 Å². The van der Waals surface area contributed by atoms with Gasteiger partial charge >= 0.3 is 6.18 Å². The number of alkyl halides is 3. The number of nitro groups is 1. The summed E-state index contributed by atoms with van der Waals surface area (Å²) in [5.41, 5.74) is 4.32. The van der Waals surface area contributed by atoms with Crippen LogP contribution in [-0.2, 0) is 6.18 Å². The lowest BCUT2D eigenvalue weighted by atomic mass is 10.1. The lowest BCUT2D eigenvalue weighted by Gasteiger charge is -2.08. The van der Waals surface area contributed by atoms with Crippen molar-refractivity contribution in [2.24, 2.45) is 5.11 Å². The van der Waals surface area contributed by atoms with Gasteiger partial charge in [-0.15, -0.1) is 0 Å². The molecule has 17 heavy (non-hydrogen) atoms. The Morgan fingerprint density at radius 3 is 2.41 bits per heavy atom. The summed E-state index contributed by atoms with van der Waals surface area (Å²) in [4.78, 5) is 11.4. The van der Waals surface area contributed by atoms with Crippen LogP contribution in [0.4, 0.5) is 28.9 Å². The van der Waals surface area contributed by atoms with E-state index in [4.69, 9.17) is 5.53 Å². The van der Waals surface area contributed by atoms with Gasteiger partial charge in [0.25, 0.3) is 5.69 Å². The number of hydrogen-bond donors (Lipinski definition) is 0. The van der Waals surface area contributed by atoms with Crippen LogP contribution >= 0.6 is 0 Å². The van der Waals surface area contributed by atoms with Gasteiger partial charge in [-0.25, -0.2) is 4.39 Å². The van der Waals surface area contributed by atoms with E-state index in [0.717, 1.165) is 0 Å². The molecule has 0 radical (unpaired) electrons. The Balaban J connectivity index is 3.56. The van der Waals surface area contributed by atoms with Crippen molar-refractivity contribution in [2.75, 3.05) is 0 Å². The molecule has 0 unspecified atom stereocenters. The van der Waals surface area contributed by atoms with Crippen molar-refractivity contribution in [1.82, 2.24) is 0 Å². The zero-order chi connectivity index (χ0) is 13.2. The highest BCUT2D eigenvalue weighted by molar-refractivity contribution is 5.59. The number of nitrogens with zero attached hydrogens (tertiary/aromatic N) is 4. The Morgan fingerprint density at radius 2 is 2.00 bits per heavy atom. The number of rotatable bonds is 2. The molecular formula is C7H2F4N4O2. The normalized spacial score (nSPS) is 10.8. The van der Waals surface area contributed by atoms with Crippen molar-refractivity contribution < 1.29 is 22.5 Å². The first-order valence-electron chi connectivity index (χ1n) is 3.87. The highest BCUT2D eigenvalue weighted by Gasteiger charge is 2.36. The smallest absolute Gasteiger partial charge is 0.258 e. The van der Waals surface area contributed by atoms with Crippen LogP contribution in [0.15, 0.2) is 17.2 Å². The Kier molecular flexibility index (Phi) is 3.19. The highest BCUT2D eigenvalue weighted by Crippen LogP contribution is 2.38. The maximum atomic E-state index is 13.0. The lowest BCUT2D eigenvalue weighted by molar-refractivity contribution is -0.384. The van der Waals surface area contributed by atoms with Crippen molar-refractivity contribution in [3.8, 4) is 0 Å². The van der Waals surface area contributed by atoms with Gasteiger partial charge in [0.15, 0.2) is 0 Å². The highest BCUT2D eigenvalue weighted by atomic mass is 19.4. The number of benzene rings is 1. The number of nitro benzene ring substituents is 1. The zero-order valence-electron chi connectivity index (χ0n) is 7.77. The molecule has 0 saturated heterocycles. The molecule has 0 fully saturated rings.